The normalized spacial score (nSPS) is 19.8. The number of hydrogen-bond donors (Lipinski definition) is 1. The number of esters is 1. The van der Waals surface area contributed by atoms with Crippen molar-refractivity contribution in [3.8, 4) is 0 Å². The number of rotatable bonds is 6. The summed E-state index contributed by atoms with van der Waals surface area (Å²) in [5.74, 6) is -0.822. The molecule has 2 unspecified atom stereocenters. The molecular formula is C25H23F9N2O3. The summed E-state index contributed by atoms with van der Waals surface area (Å²) in [6.07, 6.45) is -16.0. The standard InChI is InChI=1S/C25H23F9N2O3/c1-13(2)39-21(38)22(3)10-20(18-9-15(23(26,27)28)4-5-19(18)35-22)36(12-37)11-14-6-16(24(29,30)31)8-17(7-14)25(32,33)34/h4-9,12-13,20,35H,10-11H2,1-3H3. The number of ether oxygens (including phenoxy) is 1. The van der Waals surface area contributed by atoms with Gasteiger partial charge >= 0.3 is 24.5 Å². The molecule has 3 rings (SSSR count). The quantitative estimate of drug-likeness (QED) is 0.232. The largest absolute Gasteiger partial charge is 0.461 e. The Hall–Kier alpha value is -3.45. The molecule has 0 aliphatic carbocycles. The van der Waals surface area contributed by atoms with Gasteiger partial charge in [0, 0.05) is 18.7 Å². The van der Waals surface area contributed by atoms with E-state index in [9.17, 15) is 49.1 Å². The molecule has 1 heterocycles. The molecule has 0 saturated heterocycles. The number of anilines is 1. The number of fused-ring (bicyclic) bond motifs is 1. The van der Waals surface area contributed by atoms with E-state index >= 15 is 0 Å². The highest BCUT2D eigenvalue weighted by Gasteiger charge is 2.45. The molecular weight excluding hydrogens is 547 g/mol. The highest BCUT2D eigenvalue weighted by atomic mass is 19.4. The third-order valence-electron chi connectivity index (χ3n) is 6.09. The van der Waals surface area contributed by atoms with Gasteiger partial charge in [-0.2, -0.15) is 39.5 Å². The Balaban J connectivity index is 2.13. The van der Waals surface area contributed by atoms with Gasteiger partial charge in [0.1, 0.15) is 5.54 Å². The second kappa shape index (κ2) is 10.3. The summed E-state index contributed by atoms with van der Waals surface area (Å²) in [6, 6.07) is 1.89. The summed E-state index contributed by atoms with van der Waals surface area (Å²) in [5.41, 5.74) is -6.63. The lowest BCUT2D eigenvalue weighted by molar-refractivity contribution is -0.154. The molecule has 0 fully saturated rings. The van der Waals surface area contributed by atoms with Gasteiger partial charge in [-0.15, -0.1) is 0 Å². The van der Waals surface area contributed by atoms with Crippen molar-refractivity contribution >= 4 is 18.1 Å². The Bertz CT molecular complexity index is 1210. The Labute approximate surface area is 216 Å². The first-order valence-corrected chi connectivity index (χ1v) is 11.4. The fourth-order valence-electron chi connectivity index (χ4n) is 4.29. The van der Waals surface area contributed by atoms with Gasteiger partial charge in [-0.3, -0.25) is 4.79 Å². The van der Waals surface area contributed by atoms with E-state index in [-0.39, 0.29) is 23.7 Å². The maximum Gasteiger partial charge on any atom is 0.416 e. The van der Waals surface area contributed by atoms with Crippen LogP contribution in [0.3, 0.4) is 0 Å². The molecule has 0 radical (unpaired) electrons. The maximum atomic E-state index is 13.5. The molecule has 1 aliphatic rings. The van der Waals surface area contributed by atoms with Crippen LogP contribution in [-0.2, 0) is 39.4 Å². The lowest BCUT2D eigenvalue weighted by Crippen LogP contribution is -2.51. The van der Waals surface area contributed by atoms with Crippen molar-refractivity contribution in [2.75, 3.05) is 5.32 Å². The predicted molar refractivity (Wildman–Crippen MR) is 120 cm³/mol. The molecule has 1 amide bonds. The fraction of sp³-hybridized carbons (Fsp3) is 0.440. The molecule has 1 N–H and O–H groups in total. The number of amides is 1. The molecule has 2 aromatic rings. The monoisotopic (exact) mass is 570 g/mol. The number of hydrogen-bond acceptors (Lipinski definition) is 4. The second-order valence-corrected chi connectivity index (χ2v) is 9.62. The van der Waals surface area contributed by atoms with Crippen molar-refractivity contribution in [3.63, 3.8) is 0 Å². The molecule has 39 heavy (non-hydrogen) atoms. The number of carbonyl (C=O) groups excluding carboxylic acids is 2. The minimum atomic E-state index is -5.15. The molecule has 2 atom stereocenters. The van der Waals surface area contributed by atoms with E-state index in [2.05, 4.69) is 5.32 Å². The molecule has 0 bridgehead atoms. The molecule has 1 aliphatic heterocycles. The minimum Gasteiger partial charge on any atom is -0.461 e. The first kappa shape index (κ1) is 30.1. The highest BCUT2D eigenvalue weighted by Crippen LogP contribution is 2.45. The third kappa shape index (κ3) is 6.77. The van der Waals surface area contributed by atoms with Crippen LogP contribution in [0, 0.1) is 0 Å². The van der Waals surface area contributed by atoms with Gasteiger partial charge in [0.05, 0.1) is 28.8 Å². The second-order valence-electron chi connectivity index (χ2n) is 9.62. The van der Waals surface area contributed by atoms with Gasteiger partial charge < -0.3 is 15.0 Å². The lowest BCUT2D eigenvalue weighted by Gasteiger charge is -2.43. The van der Waals surface area contributed by atoms with Crippen molar-refractivity contribution in [2.45, 2.75) is 70.0 Å². The van der Waals surface area contributed by atoms with E-state index < -0.39 is 77.4 Å². The maximum absolute atomic E-state index is 13.5. The molecule has 0 spiro atoms. The van der Waals surface area contributed by atoms with Gasteiger partial charge in [0.25, 0.3) is 0 Å². The van der Waals surface area contributed by atoms with Crippen LogP contribution in [0.15, 0.2) is 36.4 Å². The SMILES string of the molecule is CC(C)OC(=O)C1(C)CC(N(C=O)Cc2cc(C(F)(F)F)cc(C(F)(F)F)c2)c2cc(C(F)(F)F)ccc2N1. The van der Waals surface area contributed by atoms with E-state index in [4.69, 9.17) is 4.74 Å². The average Bonchev–Trinajstić information content (AvgIpc) is 2.79. The van der Waals surface area contributed by atoms with Crippen LogP contribution < -0.4 is 5.32 Å². The van der Waals surface area contributed by atoms with Crippen LogP contribution in [0.4, 0.5) is 45.2 Å². The van der Waals surface area contributed by atoms with Crippen LogP contribution in [0.1, 0.15) is 61.1 Å². The average molecular weight is 570 g/mol. The Kier molecular flexibility index (Phi) is 7.92. The van der Waals surface area contributed by atoms with E-state index in [0.29, 0.717) is 18.2 Å². The van der Waals surface area contributed by atoms with Crippen LogP contribution in [0.5, 0.6) is 0 Å². The Morgan fingerprint density at radius 2 is 1.51 bits per heavy atom. The molecule has 0 aromatic heterocycles. The first-order chi connectivity index (χ1) is 17.7. The Morgan fingerprint density at radius 3 is 1.97 bits per heavy atom. The van der Waals surface area contributed by atoms with E-state index in [0.717, 1.165) is 17.0 Å². The van der Waals surface area contributed by atoms with Gasteiger partial charge in [-0.25, -0.2) is 4.79 Å². The highest BCUT2D eigenvalue weighted by molar-refractivity contribution is 5.86. The first-order valence-electron chi connectivity index (χ1n) is 11.4. The number of halogens is 9. The summed E-state index contributed by atoms with van der Waals surface area (Å²) in [4.78, 5) is 25.8. The summed E-state index contributed by atoms with van der Waals surface area (Å²) in [7, 11) is 0. The molecule has 2 aromatic carbocycles. The summed E-state index contributed by atoms with van der Waals surface area (Å²) in [6.45, 7) is 3.63. The summed E-state index contributed by atoms with van der Waals surface area (Å²) >= 11 is 0. The predicted octanol–water partition coefficient (Wildman–Crippen LogP) is 6.97. The number of alkyl halides is 9. The number of benzene rings is 2. The number of nitrogens with one attached hydrogen (secondary N) is 1. The van der Waals surface area contributed by atoms with Crippen LogP contribution in [-0.4, -0.2) is 28.9 Å². The Morgan fingerprint density at radius 1 is 0.974 bits per heavy atom. The fourth-order valence-corrected chi connectivity index (χ4v) is 4.29. The van der Waals surface area contributed by atoms with Crippen molar-refractivity contribution in [1.82, 2.24) is 4.90 Å². The van der Waals surface area contributed by atoms with Crippen molar-refractivity contribution in [1.29, 1.82) is 0 Å². The molecule has 14 heteroatoms. The molecule has 5 nitrogen and oxygen atoms in total. The molecule has 0 saturated carbocycles. The van der Waals surface area contributed by atoms with E-state index in [1.165, 1.54) is 6.92 Å². The topological polar surface area (TPSA) is 58.6 Å². The lowest BCUT2D eigenvalue weighted by atomic mass is 9.82. The van der Waals surface area contributed by atoms with Gasteiger partial charge in [-0.1, -0.05) is 0 Å². The molecule has 214 valence electrons. The van der Waals surface area contributed by atoms with Crippen molar-refractivity contribution in [3.05, 3.63) is 64.2 Å². The number of nitrogens with zero attached hydrogens (tertiary/aromatic N) is 1. The summed E-state index contributed by atoms with van der Waals surface area (Å²) in [5, 5.41) is 2.81. The van der Waals surface area contributed by atoms with Crippen molar-refractivity contribution < 1.29 is 53.8 Å². The zero-order chi connectivity index (χ0) is 29.6. The van der Waals surface area contributed by atoms with E-state index in [1.54, 1.807) is 13.8 Å². The van der Waals surface area contributed by atoms with Gasteiger partial charge in [0.2, 0.25) is 6.41 Å². The summed E-state index contributed by atoms with van der Waals surface area (Å²) < 4.78 is 126. The van der Waals surface area contributed by atoms with E-state index in [1.807, 2.05) is 0 Å². The van der Waals surface area contributed by atoms with Gasteiger partial charge in [0.15, 0.2) is 0 Å². The smallest absolute Gasteiger partial charge is 0.416 e. The zero-order valence-corrected chi connectivity index (χ0v) is 20.7. The third-order valence-corrected chi connectivity index (χ3v) is 6.09. The van der Waals surface area contributed by atoms with Crippen molar-refractivity contribution in [2.24, 2.45) is 0 Å². The van der Waals surface area contributed by atoms with Gasteiger partial charge in [-0.05, 0) is 68.3 Å². The number of carbonyl (C=O) groups is 2. The van der Waals surface area contributed by atoms with Crippen LogP contribution in [0.25, 0.3) is 0 Å². The zero-order valence-electron chi connectivity index (χ0n) is 20.7. The van der Waals surface area contributed by atoms with Crippen LogP contribution in [0.2, 0.25) is 0 Å². The van der Waals surface area contributed by atoms with Crippen LogP contribution >= 0.6 is 0 Å². The minimum absolute atomic E-state index is 0.00864.